The summed E-state index contributed by atoms with van der Waals surface area (Å²) in [6, 6.07) is 23.8. The number of carbonyl (C=O) groups excluding carboxylic acids is 23. The third kappa shape index (κ3) is 43.3. The van der Waals surface area contributed by atoms with Crippen molar-refractivity contribution in [3.05, 3.63) is 179 Å². The zero-order chi connectivity index (χ0) is 105. The minimum Gasteiger partial charge on any atom is -0.480 e. The first-order chi connectivity index (χ1) is 66.8. The van der Waals surface area contributed by atoms with Crippen molar-refractivity contribution in [3.63, 3.8) is 0 Å². The largest absolute Gasteiger partial charge is 0.480 e. The fourth-order valence-electron chi connectivity index (χ4n) is 11.0. The molecular weight excluding hydrogens is 2020 g/mol. The molecule has 0 heterocycles. The Hall–Kier alpha value is -13.1. The van der Waals surface area contributed by atoms with E-state index in [1.807, 2.05) is 0 Å². The summed E-state index contributed by atoms with van der Waals surface area (Å²) in [4.78, 5) is 295. The number of carboxylic acid groups (broad SMARTS) is 1. The highest BCUT2D eigenvalue weighted by atomic mass is 32.2. The minimum atomic E-state index is -1.33. The van der Waals surface area contributed by atoms with Crippen LogP contribution in [0.15, 0.2) is 146 Å². The molecule has 0 aromatic heterocycles. The number of hydrogen-bond donors (Lipinski definition) is 13. The van der Waals surface area contributed by atoms with Crippen LogP contribution in [-0.4, -0.2) is 263 Å². The van der Waals surface area contributed by atoms with Crippen LogP contribution in [0.25, 0.3) is 0 Å². The highest BCUT2D eigenvalue weighted by Gasteiger charge is 2.35. The van der Waals surface area contributed by atoms with E-state index in [4.69, 9.17) is 33.2 Å². The summed E-state index contributed by atoms with van der Waals surface area (Å²) in [7, 11) is 1.14. The van der Waals surface area contributed by atoms with Crippen LogP contribution in [0, 0.1) is 0 Å². The molecule has 51 heteroatoms. The van der Waals surface area contributed by atoms with Gasteiger partial charge in [0.25, 0.3) is 0 Å². The lowest BCUT2D eigenvalue weighted by atomic mass is 10.2. The van der Waals surface area contributed by atoms with Crippen LogP contribution < -0.4 is 76.3 Å². The normalized spacial score (nSPS) is 12.4. The predicted molar refractivity (Wildman–Crippen MR) is 529 cm³/mol. The number of carboxylic acids is 1. The number of thiol groups is 3. The molecule has 0 fully saturated rings. The maximum atomic E-state index is 13.3. The molecule has 10 N–H and O–H groups in total. The molecule has 0 saturated heterocycles. The fraction of sp³-hybridized carbons (Fsp3) is 0.333. The standard InChI is InChI=1S/C31H35N3O11S3.C30H33N3O11S3.C29H31N3O11S3/c1-5-43-28(39)23(33-18(3)36)15-47-30(41)21-11-7-9-13-26(21)44-27(38)20-10-6-8-12-25(20)45-29(40)24(34-19(4)37)16-48-31(42)22(14-46)32-17(2)35;1-16(34)31-21(13-45)30(41)47-15-23(33-18(3)36)28(39)44-24-11-7-5-9-19(24)26(37)43-25-12-8-6-10-20(25)29(40)46-14-22(27(38)42-4)32-17(2)35;1-15(33)30-20(12-44)29(41)46-14-22(32-17(3)35)27(39)43-23-10-6-4-8-18(23)26(38)42-24-11-7-5-9-19(24)28(40)45-13-21(25(36)37)31-16(2)34/h6-13,22-24,46H,5,14-16H2,1-4H3,(H,32,35)(H,33,36)(H,34,37);5-12,21-23,45H,13-15H2,1-4H3,(H,31,34)(H,32,35)(H,33,36);4-11,20-22,44H,12-14H2,1-3H3,(H,30,33)(H,31,34)(H,32,35)(H,36,37). The van der Waals surface area contributed by atoms with Crippen molar-refractivity contribution in [1.82, 2.24) is 47.9 Å². The fourth-order valence-corrected chi connectivity index (χ4v) is 17.4. The number of esters is 8. The Kier molecular flexibility index (Phi) is 53.6. The summed E-state index contributed by atoms with van der Waals surface area (Å²) in [5, 5.41) is 27.6. The number of aliphatic carboxylic acids is 1. The zero-order valence-electron chi connectivity index (χ0n) is 76.9. The summed E-state index contributed by atoms with van der Waals surface area (Å²) in [5.74, 6) is -15.9. The molecule has 0 saturated carbocycles. The third-order valence-corrected chi connectivity index (χ3v) is 24.5. The van der Waals surface area contributed by atoms with E-state index in [9.17, 15) is 120 Å². The van der Waals surface area contributed by atoms with Crippen LogP contribution >= 0.6 is 108 Å². The lowest BCUT2D eigenvalue weighted by Gasteiger charge is -2.19. The van der Waals surface area contributed by atoms with Gasteiger partial charge < -0.3 is 90.9 Å². The molecule has 0 aliphatic heterocycles. The summed E-state index contributed by atoms with van der Waals surface area (Å²) >= 11 is 16.2. The second-order valence-corrected chi connectivity index (χ2v) is 35.7. The first-order valence-corrected chi connectivity index (χ1v) is 49.2. The topological polar surface area (TPSA) is 612 Å². The van der Waals surface area contributed by atoms with Gasteiger partial charge in [0, 0.05) is 114 Å². The van der Waals surface area contributed by atoms with Crippen molar-refractivity contribution in [2.24, 2.45) is 0 Å². The number of carbonyl (C=O) groups is 24. The molecule has 0 aliphatic carbocycles. The van der Waals surface area contributed by atoms with Gasteiger partial charge in [0.05, 0.1) is 30.4 Å². The molecule has 141 heavy (non-hydrogen) atoms. The lowest BCUT2D eigenvalue weighted by Crippen LogP contribution is -2.45. The van der Waals surface area contributed by atoms with E-state index in [1.54, 1.807) is 6.92 Å². The number of para-hydroxylation sites is 6. The van der Waals surface area contributed by atoms with E-state index in [-0.39, 0.29) is 126 Å². The summed E-state index contributed by atoms with van der Waals surface area (Å²) in [6.07, 6.45) is 0. The molecule has 0 radical (unpaired) electrons. The van der Waals surface area contributed by atoms with E-state index in [0.29, 0.717) is 70.6 Å². The summed E-state index contributed by atoms with van der Waals surface area (Å²) in [5.41, 5.74) is -0.694. The van der Waals surface area contributed by atoms with Gasteiger partial charge in [-0.25, -0.2) is 43.2 Å². The summed E-state index contributed by atoms with van der Waals surface area (Å²) < 4.78 is 42.4. The second kappa shape index (κ2) is 62.9. The number of benzene rings is 6. The van der Waals surface area contributed by atoms with Crippen LogP contribution in [0.3, 0.4) is 0 Å². The van der Waals surface area contributed by atoms with Crippen molar-refractivity contribution in [3.8, 4) is 34.5 Å². The van der Waals surface area contributed by atoms with Gasteiger partial charge in [0.15, 0.2) is 0 Å². The Bertz CT molecular complexity index is 5620. The van der Waals surface area contributed by atoms with Gasteiger partial charge in [-0.05, 0) is 79.7 Å². The number of hydrogen-bond acceptors (Lipinski definition) is 41. The second-order valence-electron chi connectivity index (χ2n) is 28.5. The van der Waals surface area contributed by atoms with Crippen molar-refractivity contribution in [2.75, 3.05) is 65.5 Å². The summed E-state index contributed by atoms with van der Waals surface area (Å²) in [6.45, 7) is 12.4. The maximum Gasteiger partial charge on any atom is 0.347 e. The quantitative estimate of drug-likeness (QED) is 0.0136. The molecule has 9 amide bonds. The average molecular weight is 2120 g/mol. The van der Waals surface area contributed by atoms with Crippen molar-refractivity contribution < 1.29 is 158 Å². The Balaban J connectivity index is 0.000000441. The number of thioether (sulfide) groups is 6. The van der Waals surface area contributed by atoms with E-state index in [2.05, 4.69) is 90.5 Å². The molecular formula is C90H99N9O33S9. The molecule has 6 rings (SSSR count). The van der Waals surface area contributed by atoms with Gasteiger partial charge in [-0.2, -0.15) is 37.9 Å². The molecule has 6 aromatic rings. The van der Waals surface area contributed by atoms with E-state index >= 15 is 0 Å². The van der Waals surface area contributed by atoms with Crippen LogP contribution in [0.2, 0.25) is 0 Å². The van der Waals surface area contributed by atoms with Crippen molar-refractivity contribution >= 4 is 246 Å². The number of methoxy groups -OCH3 is 1. The molecule has 42 nitrogen and oxygen atoms in total. The van der Waals surface area contributed by atoms with Crippen LogP contribution in [0.5, 0.6) is 34.5 Å². The number of ether oxygens (including phenoxy) is 8. The first-order valence-electron chi connectivity index (χ1n) is 41.4. The molecule has 0 spiro atoms. The average Bonchev–Trinajstić information content (AvgIpc) is 0.829. The van der Waals surface area contributed by atoms with E-state index in [0.717, 1.165) is 21.0 Å². The maximum absolute atomic E-state index is 13.3. The van der Waals surface area contributed by atoms with E-state index < -0.39 is 192 Å². The molecule has 9 unspecified atom stereocenters. The molecule has 9 atom stereocenters. The number of rotatable bonds is 46. The van der Waals surface area contributed by atoms with Gasteiger partial charge in [-0.3, -0.25) is 71.9 Å². The Labute approximate surface area is 848 Å². The van der Waals surface area contributed by atoms with Gasteiger partial charge in [-0.1, -0.05) is 143 Å². The van der Waals surface area contributed by atoms with E-state index in [1.165, 1.54) is 194 Å². The molecule has 756 valence electrons. The van der Waals surface area contributed by atoms with Crippen LogP contribution in [-0.2, 0) is 95.8 Å². The molecule has 6 aromatic carbocycles. The minimum absolute atomic E-state index is 0.00346. The smallest absolute Gasteiger partial charge is 0.347 e. The highest BCUT2D eigenvalue weighted by Crippen LogP contribution is 2.32. The first kappa shape index (κ1) is 120. The van der Waals surface area contributed by atoms with Crippen LogP contribution in [0.1, 0.15) is 131 Å². The SMILES string of the molecule is CC(=O)NC(CSC(=O)c1ccccc1OC(=O)c1ccccc1OC(=O)C(CSC(=O)C(CS)NC(C)=O)NC(C)=O)C(=O)O.CCOC(=O)C(CSC(=O)c1ccccc1OC(=O)c1ccccc1OC(=O)C(CSC(=O)C(CS)NC(C)=O)NC(C)=O)NC(C)=O.COC(=O)C(CSC(=O)c1ccccc1OC(=O)c1ccccc1OC(=O)C(CSC(=O)C(CS)NC(C)=O)NC(C)=O)NC(C)=O. The number of amides is 9. The van der Waals surface area contributed by atoms with Crippen molar-refractivity contribution in [1.29, 1.82) is 0 Å². The Morgan fingerprint density at radius 1 is 0.262 bits per heavy atom. The highest BCUT2D eigenvalue weighted by molar-refractivity contribution is 8.15. The van der Waals surface area contributed by atoms with Gasteiger partial charge in [-0.15, -0.1) is 0 Å². The number of nitrogens with one attached hydrogen (secondary N) is 9. The third-order valence-electron chi connectivity index (χ3n) is 17.2. The van der Waals surface area contributed by atoms with Crippen LogP contribution in [0.4, 0.5) is 0 Å². The monoisotopic (exact) mass is 2120 g/mol. The van der Waals surface area contributed by atoms with Gasteiger partial charge in [0.2, 0.25) is 83.9 Å². The predicted octanol–water partition coefficient (Wildman–Crippen LogP) is 4.99. The van der Waals surface area contributed by atoms with Gasteiger partial charge in [0.1, 0.15) is 106 Å². The molecule has 0 aliphatic rings. The van der Waals surface area contributed by atoms with Crippen molar-refractivity contribution in [2.45, 2.75) is 124 Å². The zero-order valence-corrected chi connectivity index (χ0v) is 84.5. The lowest BCUT2D eigenvalue weighted by molar-refractivity contribution is -0.146. The molecule has 0 bridgehead atoms. The van der Waals surface area contributed by atoms with Gasteiger partial charge >= 0.3 is 53.7 Å². The Morgan fingerprint density at radius 3 is 0.674 bits per heavy atom. The Morgan fingerprint density at radius 2 is 0.454 bits per heavy atom.